The maximum absolute atomic E-state index is 12.4. The summed E-state index contributed by atoms with van der Waals surface area (Å²) >= 11 is 11.9. The third-order valence-electron chi connectivity index (χ3n) is 4.93. The van der Waals surface area contributed by atoms with Crippen LogP contribution in [0.5, 0.6) is 5.75 Å². The zero-order chi connectivity index (χ0) is 22.7. The number of hydrogen-bond donors (Lipinski definition) is 3. The first kappa shape index (κ1) is 23.3. The van der Waals surface area contributed by atoms with E-state index in [1.807, 2.05) is 0 Å². The zero-order valence-corrected chi connectivity index (χ0v) is 18.4. The van der Waals surface area contributed by atoms with E-state index in [1.54, 1.807) is 19.9 Å². The fraction of sp³-hybridized carbons (Fsp3) is 0.450. The fourth-order valence-electron chi connectivity index (χ4n) is 3.26. The van der Waals surface area contributed by atoms with Crippen molar-refractivity contribution in [2.24, 2.45) is 0 Å². The molecule has 0 saturated carbocycles. The number of benzene rings is 1. The van der Waals surface area contributed by atoms with Gasteiger partial charge in [0.1, 0.15) is 18.1 Å². The lowest BCUT2D eigenvalue weighted by Gasteiger charge is -2.19. The van der Waals surface area contributed by atoms with Gasteiger partial charge in [-0.25, -0.2) is 4.79 Å². The first-order valence-electron chi connectivity index (χ1n) is 9.76. The molecule has 3 rings (SSSR count). The van der Waals surface area contributed by atoms with Gasteiger partial charge in [-0.1, -0.05) is 30.1 Å². The van der Waals surface area contributed by atoms with Gasteiger partial charge >= 0.3 is 5.69 Å². The minimum absolute atomic E-state index is 0.0131. The molecule has 1 unspecified atom stereocenters. The molecule has 4 atom stereocenters. The summed E-state index contributed by atoms with van der Waals surface area (Å²) in [5.74, 6) is -0.0774. The molecule has 1 saturated heterocycles. The normalized spacial score (nSPS) is 21.6. The fourth-order valence-corrected chi connectivity index (χ4v) is 3.77. The van der Waals surface area contributed by atoms with Gasteiger partial charge in [0.2, 0.25) is 0 Å². The number of ether oxygens (including phenoxy) is 2. The smallest absolute Gasteiger partial charge is 0.330 e. The van der Waals surface area contributed by atoms with Crippen molar-refractivity contribution >= 4 is 29.1 Å². The van der Waals surface area contributed by atoms with Crippen molar-refractivity contribution in [3.05, 3.63) is 60.8 Å². The van der Waals surface area contributed by atoms with Crippen LogP contribution in [-0.4, -0.2) is 45.4 Å². The predicted octanol–water partition coefficient (Wildman–Crippen LogP) is 1.64. The van der Waals surface area contributed by atoms with Gasteiger partial charge < -0.3 is 19.9 Å². The van der Waals surface area contributed by atoms with Crippen LogP contribution in [0, 0.1) is 0 Å². The molecular formula is C20H23Cl2N3O6. The Bertz CT molecular complexity index is 1050. The number of carbonyl (C=O) groups excluding carboxylic acids is 1. The van der Waals surface area contributed by atoms with Crippen LogP contribution in [0.3, 0.4) is 0 Å². The number of rotatable bonds is 7. The molecule has 2 heterocycles. The number of aromatic amines is 1. The molecule has 1 aliphatic rings. The quantitative estimate of drug-likeness (QED) is 0.563. The number of nitrogens with zero attached hydrogens (tertiary/aromatic N) is 1. The molecule has 3 N–H and O–H groups in total. The Labute approximate surface area is 187 Å². The highest BCUT2D eigenvalue weighted by atomic mass is 35.5. The molecule has 31 heavy (non-hydrogen) atoms. The summed E-state index contributed by atoms with van der Waals surface area (Å²) < 4.78 is 12.6. The molecule has 1 aromatic carbocycles. The zero-order valence-electron chi connectivity index (χ0n) is 16.9. The topological polar surface area (TPSA) is 123 Å². The van der Waals surface area contributed by atoms with E-state index in [9.17, 15) is 19.5 Å². The van der Waals surface area contributed by atoms with Crippen LogP contribution in [0.15, 0.2) is 34.0 Å². The monoisotopic (exact) mass is 471 g/mol. The Morgan fingerprint density at radius 3 is 2.68 bits per heavy atom. The average Bonchev–Trinajstić information content (AvgIpc) is 3.05. The number of carbonyl (C=O) groups is 1. The van der Waals surface area contributed by atoms with E-state index in [0.29, 0.717) is 27.8 Å². The molecule has 0 bridgehead atoms. The van der Waals surface area contributed by atoms with E-state index in [-0.39, 0.29) is 13.0 Å². The number of halogens is 2. The number of H-pyrrole nitrogens is 1. The lowest BCUT2D eigenvalue weighted by molar-refractivity contribution is -0.128. The first-order chi connectivity index (χ1) is 14.7. The summed E-state index contributed by atoms with van der Waals surface area (Å²) in [6, 6.07) is 4.63. The molecule has 0 aliphatic carbocycles. The van der Waals surface area contributed by atoms with Crippen LogP contribution in [-0.2, 0) is 16.0 Å². The molecular weight excluding hydrogens is 449 g/mol. The summed E-state index contributed by atoms with van der Waals surface area (Å²) in [5, 5.41) is 13.7. The third kappa shape index (κ3) is 5.68. The molecule has 9 nitrogen and oxygen atoms in total. The van der Waals surface area contributed by atoms with Gasteiger partial charge in [-0.15, -0.1) is 0 Å². The predicted molar refractivity (Wildman–Crippen MR) is 115 cm³/mol. The summed E-state index contributed by atoms with van der Waals surface area (Å²) in [7, 11) is 0. The van der Waals surface area contributed by atoms with Crippen molar-refractivity contribution < 1.29 is 19.4 Å². The van der Waals surface area contributed by atoms with Crippen LogP contribution in [0.1, 0.15) is 32.1 Å². The third-order valence-corrected chi connectivity index (χ3v) is 5.37. The molecule has 1 aromatic heterocycles. The SMILES string of the molecule is CCc1cn([C@H]2C[C@H](O)[C@@H](CNC(=O)C(C)Oc3cc(Cl)cc(Cl)c3)O2)c(=O)[nH]c1=O. The van der Waals surface area contributed by atoms with Gasteiger partial charge in [0.05, 0.1) is 6.10 Å². The van der Waals surface area contributed by atoms with Crippen LogP contribution in [0.25, 0.3) is 0 Å². The van der Waals surface area contributed by atoms with E-state index in [2.05, 4.69) is 10.3 Å². The summed E-state index contributed by atoms with van der Waals surface area (Å²) in [6.45, 7) is 3.37. The van der Waals surface area contributed by atoms with Crippen molar-refractivity contribution in [3.8, 4) is 5.75 Å². The van der Waals surface area contributed by atoms with Crippen LogP contribution in [0.4, 0.5) is 0 Å². The number of nitrogens with one attached hydrogen (secondary N) is 2. The average molecular weight is 472 g/mol. The summed E-state index contributed by atoms with van der Waals surface area (Å²) in [6.07, 6.45) is -1.22. The summed E-state index contributed by atoms with van der Waals surface area (Å²) in [4.78, 5) is 38.5. The Hall–Kier alpha value is -2.33. The van der Waals surface area contributed by atoms with Crippen molar-refractivity contribution in [2.75, 3.05) is 6.54 Å². The van der Waals surface area contributed by atoms with Gasteiger partial charge in [0, 0.05) is 34.8 Å². The maximum atomic E-state index is 12.4. The lowest BCUT2D eigenvalue weighted by Crippen LogP contribution is -2.42. The molecule has 2 aromatic rings. The summed E-state index contributed by atoms with van der Waals surface area (Å²) in [5.41, 5.74) is -0.631. The van der Waals surface area contributed by atoms with E-state index in [0.717, 1.165) is 0 Å². The number of aryl methyl sites for hydroxylation is 1. The van der Waals surface area contributed by atoms with Gasteiger partial charge in [0.15, 0.2) is 6.10 Å². The van der Waals surface area contributed by atoms with E-state index in [4.69, 9.17) is 32.7 Å². The highest BCUT2D eigenvalue weighted by Gasteiger charge is 2.36. The van der Waals surface area contributed by atoms with Crippen LogP contribution >= 0.6 is 23.2 Å². The first-order valence-corrected chi connectivity index (χ1v) is 10.5. The van der Waals surface area contributed by atoms with Crippen molar-refractivity contribution in [1.29, 1.82) is 0 Å². The standard InChI is InChI=1S/C20H23Cl2N3O6/c1-3-11-9-25(20(29)24-19(11)28)17-7-15(26)16(31-17)8-23-18(27)10(2)30-14-5-12(21)4-13(22)6-14/h4-6,9-10,15-17,26H,3,7-8H2,1-2H3,(H,23,27)(H,24,28,29)/t10?,15-,16+,17+/m0/s1. The van der Waals surface area contributed by atoms with E-state index < -0.39 is 41.7 Å². The minimum atomic E-state index is -0.905. The lowest BCUT2D eigenvalue weighted by atomic mass is 10.1. The van der Waals surface area contributed by atoms with E-state index in [1.165, 1.54) is 22.9 Å². The van der Waals surface area contributed by atoms with Crippen LogP contribution in [0.2, 0.25) is 10.0 Å². The van der Waals surface area contributed by atoms with E-state index >= 15 is 0 Å². The number of aliphatic hydroxyl groups is 1. The number of aliphatic hydroxyl groups excluding tert-OH is 1. The molecule has 1 aliphatic heterocycles. The second kappa shape index (κ2) is 9.86. The Morgan fingerprint density at radius 2 is 2.03 bits per heavy atom. The van der Waals surface area contributed by atoms with Crippen molar-refractivity contribution in [2.45, 2.75) is 51.2 Å². The molecule has 0 spiro atoms. The highest BCUT2D eigenvalue weighted by Crippen LogP contribution is 2.28. The molecule has 1 amide bonds. The molecule has 11 heteroatoms. The largest absolute Gasteiger partial charge is 0.481 e. The Morgan fingerprint density at radius 1 is 1.35 bits per heavy atom. The molecule has 1 fully saturated rings. The van der Waals surface area contributed by atoms with Gasteiger partial charge in [-0.2, -0.15) is 0 Å². The molecule has 168 valence electrons. The Balaban J connectivity index is 1.59. The minimum Gasteiger partial charge on any atom is -0.481 e. The number of aromatic nitrogens is 2. The highest BCUT2D eigenvalue weighted by molar-refractivity contribution is 6.34. The van der Waals surface area contributed by atoms with Gasteiger partial charge in [-0.3, -0.25) is 19.1 Å². The Kier molecular flexibility index (Phi) is 7.42. The second-order valence-electron chi connectivity index (χ2n) is 7.22. The van der Waals surface area contributed by atoms with Gasteiger partial charge in [-0.05, 0) is 31.5 Å². The van der Waals surface area contributed by atoms with Crippen LogP contribution < -0.4 is 21.3 Å². The number of amides is 1. The van der Waals surface area contributed by atoms with Crippen molar-refractivity contribution in [1.82, 2.24) is 14.9 Å². The second-order valence-corrected chi connectivity index (χ2v) is 8.09. The van der Waals surface area contributed by atoms with Crippen molar-refractivity contribution in [3.63, 3.8) is 0 Å². The number of hydrogen-bond acceptors (Lipinski definition) is 6. The van der Waals surface area contributed by atoms with Gasteiger partial charge in [0.25, 0.3) is 11.5 Å². The molecule has 0 radical (unpaired) electrons. The maximum Gasteiger partial charge on any atom is 0.330 e.